The molecule has 1 aliphatic heterocycles. The van der Waals surface area contributed by atoms with Crippen LogP contribution >= 0.6 is 11.6 Å². The van der Waals surface area contributed by atoms with Crippen LogP contribution in [0.1, 0.15) is 19.8 Å². The maximum Gasteiger partial charge on any atom is 0.287 e. The van der Waals surface area contributed by atoms with Crippen LogP contribution in [0.25, 0.3) is 0 Å². The number of hydrogen-bond acceptors (Lipinski definition) is 4. The molecule has 0 spiro atoms. The summed E-state index contributed by atoms with van der Waals surface area (Å²) in [5.41, 5.74) is 0.314. The standard InChI is InChI=1S/C14H21ClN4O/c1-3-6-19-14(20)13(15)12(9-16-19)17-11(2)10-18-7-4-5-8-18/h3,9,11,17H,1,4-8,10H2,2H3. The minimum Gasteiger partial charge on any atom is -0.379 e. The molecule has 6 heteroatoms. The van der Waals surface area contributed by atoms with E-state index in [0.717, 1.165) is 19.6 Å². The summed E-state index contributed by atoms with van der Waals surface area (Å²) >= 11 is 6.11. The Kier molecular flexibility index (Phi) is 5.20. The van der Waals surface area contributed by atoms with Crippen LogP contribution in [0, 0.1) is 0 Å². The van der Waals surface area contributed by atoms with Crippen LogP contribution in [0.2, 0.25) is 5.02 Å². The zero-order valence-corrected chi connectivity index (χ0v) is 12.6. The lowest BCUT2D eigenvalue weighted by atomic mass is 10.3. The molecule has 20 heavy (non-hydrogen) atoms. The van der Waals surface area contributed by atoms with E-state index in [0.29, 0.717) is 12.2 Å². The summed E-state index contributed by atoms with van der Waals surface area (Å²) in [5.74, 6) is 0. The van der Waals surface area contributed by atoms with Gasteiger partial charge in [0.25, 0.3) is 5.56 Å². The van der Waals surface area contributed by atoms with E-state index >= 15 is 0 Å². The van der Waals surface area contributed by atoms with Gasteiger partial charge in [0.15, 0.2) is 0 Å². The highest BCUT2D eigenvalue weighted by Gasteiger charge is 2.16. The van der Waals surface area contributed by atoms with Crippen LogP contribution in [0.15, 0.2) is 23.6 Å². The van der Waals surface area contributed by atoms with E-state index < -0.39 is 0 Å². The molecule has 110 valence electrons. The van der Waals surface area contributed by atoms with Gasteiger partial charge in [0.1, 0.15) is 5.02 Å². The first-order valence-electron chi connectivity index (χ1n) is 6.97. The molecule has 0 amide bonds. The van der Waals surface area contributed by atoms with Crippen molar-refractivity contribution in [3.63, 3.8) is 0 Å². The highest BCUT2D eigenvalue weighted by molar-refractivity contribution is 6.32. The lowest BCUT2D eigenvalue weighted by molar-refractivity contribution is 0.328. The summed E-state index contributed by atoms with van der Waals surface area (Å²) in [6.07, 6.45) is 5.76. The van der Waals surface area contributed by atoms with Crippen LogP contribution in [-0.2, 0) is 6.54 Å². The summed E-state index contributed by atoms with van der Waals surface area (Å²) in [7, 11) is 0. The molecule has 0 saturated carbocycles. The van der Waals surface area contributed by atoms with Gasteiger partial charge in [-0.1, -0.05) is 17.7 Å². The predicted octanol–water partition coefficient (Wildman–Crippen LogP) is 1.98. The first kappa shape index (κ1) is 15.1. The number of rotatable bonds is 6. The number of anilines is 1. The molecule has 2 heterocycles. The lowest BCUT2D eigenvalue weighted by Crippen LogP contribution is -2.34. The quantitative estimate of drug-likeness (QED) is 0.816. The fourth-order valence-corrected chi connectivity index (χ4v) is 2.68. The molecule has 1 aliphatic rings. The second kappa shape index (κ2) is 6.90. The van der Waals surface area contributed by atoms with Gasteiger partial charge in [0.05, 0.1) is 18.4 Å². The summed E-state index contributed by atoms with van der Waals surface area (Å²) in [6, 6.07) is 0.224. The summed E-state index contributed by atoms with van der Waals surface area (Å²) in [5, 5.41) is 7.55. The number of likely N-dealkylation sites (tertiary alicyclic amines) is 1. The van der Waals surface area contributed by atoms with Gasteiger partial charge in [-0.3, -0.25) is 4.79 Å². The van der Waals surface area contributed by atoms with Crippen LogP contribution in [0.4, 0.5) is 5.69 Å². The number of halogens is 1. The van der Waals surface area contributed by atoms with Crippen molar-refractivity contribution in [1.82, 2.24) is 14.7 Å². The second-order valence-corrected chi connectivity index (χ2v) is 5.58. The van der Waals surface area contributed by atoms with Crippen molar-refractivity contribution in [2.75, 3.05) is 25.0 Å². The normalized spacial score (nSPS) is 17.1. The van der Waals surface area contributed by atoms with Crippen LogP contribution < -0.4 is 10.9 Å². The third kappa shape index (κ3) is 3.61. The highest BCUT2D eigenvalue weighted by Crippen LogP contribution is 2.17. The number of allylic oxidation sites excluding steroid dienone is 1. The van der Waals surface area contributed by atoms with E-state index in [1.165, 1.54) is 17.5 Å². The highest BCUT2D eigenvalue weighted by atomic mass is 35.5. The van der Waals surface area contributed by atoms with Crippen molar-refractivity contribution < 1.29 is 0 Å². The third-order valence-corrected chi connectivity index (χ3v) is 3.78. The zero-order chi connectivity index (χ0) is 14.5. The number of aromatic nitrogens is 2. The Labute approximate surface area is 124 Å². The van der Waals surface area contributed by atoms with E-state index in [1.807, 2.05) is 0 Å². The van der Waals surface area contributed by atoms with E-state index in [-0.39, 0.29) is 16.6 Å². The first-order valence-corrected chi connectivity index (χ1v) is 7.35. The summed E-state index contributed by atoms with van der Waals surface area (Å²) in [6.45, 7) is 9.30. The Bertz CT molecular complexity index is 522. The smallest absolute Gasteiger partial charge is 0.287 e. The van der Waals surface area contributed by atoms with Crippen LogP contribution in [0.5, 0.6) is 0 Å². The van der Waals surface area contributed by atoms with Crippen molar-refractivity contribution in [1.29, 1.82) is 0 Å². The van der Waals surface area contributed by atoms with Gasteiger partial charge in [-0.25, -0.2) is 4.68 Å². The average molecular weight is 297 g/mol. The molecule has 0 aromatic carbocycles. The Balaban J connectivity index is 2.03. The van der Waals surface area contributed by atoms with Crippen molar-refractivity contribution in [2.45, 2.75) is 32.4 Å². The number of nitrogens with one attached hydrogen (secondary N) is 1. The second-order valence-electron chi connectivity index (χ2n) is 5.20. The van der Waals surface area contributed by atoms with Gasteiger partial charge in [0.2, 0.25) is 0 Å². The van der Waals surface area contributed by atoms with Gasteiger partial charge in [-0.05, 0) is 32.9 Å². The third-order valence-electron chi connectivity index (χ3n) is 3.42. The molecule has 1 N–H and O–H groups in total. The maximum atomic E-state index is 12.0. The average Bonchev–Trinajstić information content (AvgIpc) is 2.91. The fourth-order valence-electron chi connectivity index (χ4n) is 2.48. The van der Waals surface area contributed by atoms with Gasteiger partial charge >= 0.3 is 0 Å². The molecule has 1 fully saturated rings. The van der Waals surface area contributed by atoms with Crippen molar-refractivity contribution in [3.05, 3.63) is 34.2 Å². The topological polar surface area (TPSA) is 50.2 Å². The molecule has 0 bridgehead atoms. The minimum absolute atomic E-state index is 0.190. The SMILES string of the molecule is C=CCn1ncc(NC(C)CN2CCCC2)c(Cl)c1=O. The Morgan fingerprint density at radius 1 is 1.55 bits per heavy atom. The van der Waals surface area contributed by atoms with Gasteiger partial charge in [-0.2, -0.15) is 5.10 Å². The van der Waals surface area contributed by atoms with Crippen LogP contribution in [-0.4, -0.2) is 40.4 Å². The molecular weight excluding hydrogens is 276 g/mol. The monoisotopic (exact) mass is 296 g/mol. The number of nitrogens with zero attached hydrogens (tertiary/aromatic N) is 3. The molecule has 1 atom stereocenters. The van der Waals surface area contributed by atoms with Crippen molar-refractivity contribution in [2.24, 2.45) is 0 Å². The van der Waals surface area contributed by atoms with E-state index in [9.17, 15) is 4.79 Å². The van der Waals surface area contributed by atoms with Crippen molar-refractivity contribution >= 4 is 17.3 Å². The molecular formula is C14H21ClN4O. The Morgan fingerprint density at radius 2 is 2.25 bits per heavy atom. The molecule has 0 aliphatic carbocycles. The molecule has 0 radical (unpaired) electrons. The first-order chi connectivity index (χ1) is 9.61. The zero-order valence-electron chi connectivity index (χ0n) is 11.8. The molecule has 2 rings (SSSR count). The van der Waals surface area contributed by atoms with E-state index in [1.54, 1.807) is 12.3 Å². The minimum atomic E-state index is -0.287. The Morgan fingerprint density at radius 3 is 2.90 bits per heavy atom. The van der Waals surface area contributed by atoms with E-state index in [4.69, 9.17) is 11.6 Å². The summed E-state index contributed by atoms with van der Waals surface area (Å²) < 4.78 is 1.30. The fraction of sp³-hybridized carbons (Fsp3) is 0.571. The summed E-state index contributed by atoms with van der Waals surface area (Å²) in [4.78, 5) is 14.4. The predicted molar refractivity (Wildman–Crippen MR) is 82.5 cm³/mol. The molecule has 1 aromatic rings. The molecule has 1 aromatic heterocycles. The van der Waals surface area contributed by atoms with E-state index in [2.05, 4.69) is 28.8 Å². The van der Waals surface area contributed by atoms with Gasteiger partial charge in [0, 0.05) is 12.6 Å². The molecule has 5 nitrogen and oxygen atoms in total. The largest absolute Gasteiger partial charge is 0.379 e. The maximum absolute atomic E-state index is 12.0. The van der Waals surface area contributed by atoms with Crippen molar-refractivity contribution in [3.8, 4) is 0 Å². The Hall–Kier alpha value is -1.33. The van der Waals surface area contributed by atoms with Crippen LogP contribution in [0.3, 0.4) is 0 Å². The molecule has 1 unspecified atom stereocenters. The van der Waals surface area contributed by atoms with Gasteiger partial charge in [-0.15, -0.1) is 6.58 Å². The molecule has 1 saturated heterocycles. The van der Waals surface area contributed by atoms with Gasteiger partial charge < -0.3 is 10.2 Å². The number of hydrogen-bond donors (Lipinski definition) is 1. The lowest BCUT2D eigenvalue weighted by Gasteiger charge is -2.22.